The Labute approximate surface area is 155 Å². The highest BCUT2D eigenvalue weighted by Gasteiger charge is 2.30. The molecule has 0 aliphatic carbocycles. The molecule has 0 fully saturated rings. The zero-order chi connectivity index (χ0) is 19.1. The maximum absolute atomic E-state index is 12.7. The molecule has 4 heteroatoms. The number of carbonyl (C=O) groups excluding carboxylic acids is 2. The number of carbonyl (C=O) groups is 2. The Kier molecular flexibility index (Phi) is 7.10. The van der Waals surface area contributed by atoms with Gasteiger partial charge in [-0.2, -0.15) is 0 Å². The molecule has 0 aliphatic rings. The van der Waals surface area contributed by atoms with Crippen LogP contribution in [0.25, 0.3) is 10.8 Å². The third-order valence-electron chi connectivity index (χ3n) is 4.67. The van der Waals surface area contributed by atoms with Crippen molar-refractivity contribution >= 4 is 22.5 Å². The molecule has 2 aromatic carbocycles. The molecule has 0 saturated carbocycles. The first-order chi connectivity index (χ1) is 12.4. The number of benzene rings is 2. The molecule has 0 bridgehead atoms. The van der Waals surface area contributed by atoms with Crippen molar-refractivity contribution in [3.8, 4) is 0 Å². The Morgan fingerprint density at radius 3 is 2.54 bits per heavy atom. The SMILES string of the molecule is C=CCOC(=O)[C@@H](CC(=O)[C@@H]([NH3+])Cc1cccc2ccccc12)C(C)C. The molecule has 0 unspecified atom stereocenters. The summed E-state index contributed by atoms with van der Waals surface area (Å²) in [5, 5.41) is 2.29. The van der Waals surface area contributed by atoms with Gasteiger partial charge in [-0.15, -0.1) is 0 Å². The molecule has 0 aromatic heterocycles. The van der Waals surface area contributed by atoms with Gasteiger partial charge in [0.2, 0.25) is 0 Å². The lowest BCUT2D eigenvalue weighted by Crippen LogP contribution is -2.66. The number of quaternary nitrogens is 1. The van der Waals surface area contributed by atoms with Crippen LogP contribution < -0.4 is 5.73 Å². The molecule has 4 nitrogen and oxygen atoms in total. The number of rotatable bonds is 9. The second-order valence-electron chi connectivity index (χ2n) is 6.98. The molecule has 0 spiro atoms. The van der Waals surface area contributed by atoms with E-state index in [-0.39, 0.29) is 30.7 Å². The van der Waals surface area contributed by atoms with Gasteiger partial charge in [0.1, 0.15) is 12.6 Å². The Morgan fingerprint density at radius 2 is 1.85 bits per heavy atom. The van der Waals surface area contributed by atoms with E-state index in [1.165, 1.54) is 6.08 Å². The van der Waals surface area contributed by atoms with Gasteiger partial charge in [0.15, 0.2) is 5.78 Å². The van der Waals surface area contributed by atoms with Crippen molar-refractivity contribution in [2.45, 2.75) is 32.7 Å². The normalized spacial score (nSPS) is 13.4. The van der Waals surface area contributed by atoms with E-state index < -0.39 is 12.0 Å². The van der Waals surface area contributed by atoms with Crippen LogP contribution in [-0.2, 0) is 20.7 Å². The highest BCUT2D eigenvalue weighted by Crippen LogP contribution is 2.22. The molecular weight excluding hydrogens is 326 g/mol. The van der Waals surface area contributed by atoms with Crippen LogP contribution in [0.3, 0.4) is 0 Å². The largest absolute Gasteiger partial charge is 0.461 e. The van der Waals surface area contributed by atoms with Gasteiger partial charge in [-0.05, 0) is 22.3 Å². The van der Waals surface area contributed by atoms with Crippen LogP contribution in [0.1, 0.15) is 25.8 Å². The summed E-state index contributed by atoms with van der Waals surface area (Å²) in [7, 11) is 0. The zero-order valence-electron chi connectivity index (χ0n) is 15.6. The lowest BCUT2D eigenvalue weighted by atomic mass is 9.87. The van der Waals surface area contributed by atoms with E-state index in [0.717, 1.165) is 16.3 Å². The van der Waals surface area contributed by atoms with E-state index >= 15 is 0 Å². The summed E-state index contributed by atoms with van der Waals surface area (Å²) < 4.78 is 5.14. The second kappa shape index (κ2) is 9.30. The quantitative estimate of drug-likeness (QED) is 0.556. The standard InChI is InChI=1S/C22H27NO3/c1-4-12-26-22(25)19(15(2)3)14-21(24)20(23)13-17-10-7-9-16-8-5-6-11-18(16)17/h4-11,15,19-20H,1,12-14,23H2,2-3H3/p+1/t19-,20-/m0/s1. The Balaban J connectivity index is 2.08. The fourth-order valence-electron chi connectivity index (χ4n) is 3.07. The van der Waals surface area contributed by atoms with Crippen molar-refractivity contribution in [2.75, 3.05) is 6.61 Å². The molecular formula is C22H28NO3+. The number of hydrogen-bond donors (Lipinski definition) is 1. The van der Waals surface area contributed by atoms with Gasteiger partial charge in [-0.25, -0.2) is 0 Å². The van der Waals surface area contributed by atoms with Crippen LogP contribution in [0.2, 0.25) is 0 Å². The van der Waals surface area contributed by atoms with Crippen molar-refractivity contribution < 1.29 is 20.1 Å². The predicted molar refractivity (Wildman–Crippen MR) is 103 cm³/mol. The number of ether oxygens (including phenoxy) is 1. The molecule has 0 saturated heterocycles. The van der Waals surface area contributed by atoms with E-state index in [1.807, 2.05) is 38.1 Å². The van der Waals surface area contributed by atoms with E-state index in [4.69, 9.17) is 4.74 Å². The fourth-order valence-corrected chi connectivity index (χ4v) is 3.07. The summed E-state index contributed by atoms with van der Waals surface area (Å²) in [4.78, 5) is 24.9. The van der Waals surface area contributed by atoms with Gasteiger partial charge in [0.25, 0.3) is 0 Å². The lowest BCUT2D eigenvalue weighted by molar-refractivity contribution is -0.402. The highest BCUT2D eigenvalue weighted by atomic mass is 16.5. The number of fused-ring (bicyclic) bond motifs is 1. The first-order valence-corrected chi connectivity index (χ1v) is 9.04. The van der Waals surface area contributed by atoms with E-state index in [1.54, 1.807) is 0 Å². The average molecular weight is 354 g/mol. The van der Waals surface area contributed by atoms with Crippen molar-refractivity contribution in [2.24, 2.45) is 11.8 Å². The van der Waals surface area contributed by atoms with Crippen LogP contribution >= 0.6 is 0 Å². The number of Topliss-reactive ketones (excluding diaryl/α,β-unsaturated/α-hetero) is 1. The molecule has 138 valence electrons. The van der Waals surface area contributed by atoms with Crippen LogP contribution in [0, 0.1) is 11.8 Å². The maximum atomic E-state index is 12.7. The van der Waals surface area contributed by atoms with Gasteiger partial charge < -0.3 is 10.5 Å². The number of hydrogen-bond acceptors (Lipinski definition) is 3. The molecule has 0 radical (unpaired) electrons. The predicted octanol–water partition coefficient (Wildman–Crippen LogP) is 2.95. The number of esters is 1. The Bertz CT molecular complexity index is 777. The monoisotopic (exact) mass is 354 g/mol. The summed E-state index contributed by atoms with van der Waals surface area (Å²) in [6, 6.07) is 13.8. The fraction of sp³-hybridized carbons (Fsp3) is 0.364. The van der Waals surface area contributed by atoms with E-state index in [2.05, 4.69) is 30.5 Å². The minimum Gasteiger partial charge on any atom is -0.461 e. The molecule has 2 atom stereocenters. The van der Waals surface area contributed by atoms with Crippen molar-refractivity contribution in [3.05, 3.63) is 60.7 Å². The van der Waals surface area contributed by atoms with Gasteiger partial charge in [0, 0.05) is 12.8 Å². The molecule has 3 N–H and O–H groups in total. The Hall–Kier alpha value is -2.46. The van der Waals surface area contributed by atoms with Gasteiger partial charge in [-0.3, -0.25) is 9.59 Å². The zero-order valence-corrected chi connectivity index (χ0v) is 15.6. The third-order valence-corrected chi connectivity index (χ3v) is 4.67. The van der Waals surface area contributed by atoms with Crippen LogP contribution in [-0.4, -0.2) is 24.4 Å². The lowest BCUT2D eigenvalue weighted by Gasteiger charge is -2.19. The van der Waals surface area contributed by atoms with Crippen LogP contribution in [0.5, 0.6) is 0 Å². The van der Waals surface area contributed by atoms with Crippen molar-refractivity contribution in [1.29, 1.82) is 0 Å². The average Bonchev–Trinajstić information content (AvgIpc) is 2.63. The first kappa shape index (κ1) is 19.9. The molecule has 26 heavy (non-hydrogen) atoms. The minimum absolute atomic E-state index is 0.00723. The summed E-state index contributed by atoms with van der Waals surface area (Å²) in [6.07, 6.45) is 2.25. The van der Waals surface area contributed by atoms with Crippen LogP contribution in [0.4, 0.5) is 0 Å². The molecule has 0 heterocycles. The summed E-state index contributed by atoms with van der Waals surface area (Å²) >= 11 is 0. The summed E-state index contributed by atoms with van der Waals surface area (Å²) in [5.41, 5.74) is 5.16. The topological polar surface area (TPSA) is 71.0 Å². The molecule has 2 rings (SSSR count). The minimum atomic E-state index is -0.445. The Morgan fingerprint density at radius 1 is 1.15 bits per heavy atom. The van der Waals surface area contributed by atoms with Crippen LogP contribution in [0.15, 0.2) is 55.1 Å². The van der Waals surface area contributed by atoms with Crippen molar-refractivity contribution in [3.63, 3.8) is 0 Å². The summed E-state index contributed by atoms with van der Waals surface area (Å²) in [5.74, 6) is -0.766. The molecule has 2 aromatic rings. The smallest absolute Gasteiger partial charge is 0.309 e. The van der Waals surface area contributed by atoms with Crippen molar-refractivity contribution in [1.82, 2.24) is 0 Å². The maximum Gasteiger partial charge on any atom is 0.309 e. The molecule has 0 amide bonds. The van der Waals surface area contributed by atoms with Gasteiger partial charge in [0.05, 0.1) is 5.92 Å². The number of ketones is 1. The van der Waals surface area contributed by atoms with E-state index in [9.17, 15) is 9.59 Å². The van der Waals surface area contributed by atoms with E-state index in [0.29, 0.717) is 6.42 Å². The third kappa shape index (κ3) is 5.02. The first-order valence-electron chi connectivity index (χ1n) is 9.04. The molecule has 0 aliphatic heterocycles. The van der Waals surface area contributed by atoms with Gasteiger partial charge >= 0.3 is 5.97 Å². The summed E-state index contributed by atoms with van der Waals surface area (Å²) in [6.45, 7) is 7.56. The highest BCUT2D eigenvalue weighted by molar-refractivity contribution is 5.89. The second-order valence-corrected chi connectivity index (χ2v) is 6.98. The van der Waals surface area contributed by atoms with Gasteiger partial charge in [-0.1, -0.05) is 69.0 Å².